The van der Waals surface area contributed by atoms with Crippen molar-refractivity contribution in [3.8, 4) is 11.8 Å². The number of benzene rings is 1. The highest BCUT2D eigenvalue weighted by Gasteiger charge is 2.16. The van der Waals surface area contributed by atoms with Crippen molar-refractivity contribution < 1.29 is 9.53 Å². The van der Waals surface area contributed by atoms with Crippen LogP contribution in [0.25, 0.3) is 0 Å². The fourth-order valence-corrected chi connectivity index (χ4v) is 2.16. The molecule has 0 spiro atoms. The predicted molar refractivity (Wildman–Crippen MR) is 67.2 cm³/mol. The van der Waals surface area contributed by atoms with Gasteiger partial charge in [0.25, 0.3) is 0 Å². The standard InChI is InChI=1S/C14H16N2O2/c1-18-14-3-2-11(8-12(14)9-15)10-16-6-4-13(17)5-7-16/h2-3,8H,4-7,10H2,1H3. The second-order valence-electron chi connectivity index (χ2n) is 4.46. The van der Waals surface area contributed by atoms with Gasteiger partial charge in [-0.15, -0.1) is 0 Å². The van der Waals surface area contributed by atoms with Gasteiger partial charge in [0.2, 0.25) is 0 Å². The number of ketones is 1. The molecule has 1 aromatic carbocycles. The van der Waals surface area contributed by atoms with Crippen molar-refractivity contribution >= 4 is 5.78 Å². The molecule has 0 atom stereocenters. The Hall–Kier alpha value is -1.86. The number of ether oxygens (including phenoxy) is 1. The molecular formula is C14H16N2O2. The second-order valence-corrected chi connectivity index (χ2v) is 4.46. The van der Waals surface area contributed by atoms with E-state index in [-0.39, 0.29) is 0 Å². The molecule has 0 bridgehead atoms. The third kappa shape index (κ3) is 2.88. The molecule has 94 valence electrons. The van der Waals surface area contributed by atoms with Crippen molar-refractivity contribution in [1.29, 1.82) is 5.26 Å². The van der Waals surface area contributed by atoms with Crippen LogP contribution in [0.15, 0.2) is 18.2 Å². The lowest BCUT2D eigenvalue weighted by molar-refractivity contribution is -0.121. The maximum absolute atomic E-state index is 11.2. The third-order valence-electron chi connectivity index (χ3n) is 3.20. The molecule has 1 aromatic rings. The van der Waals surface area contributed by atoms with Gasteiger partial charge in [-0.1, -0.05) is 6.07 Å². The molecular weight excluding hydrogens is 228 g/mol. The van der Waals surface area contributed by atoms with E-state index in [4.69, 9.17) is 10.00 Å². The summed E-state index contributed by atoms with van der Waals surface area (Å²) in [7, 11) is 1.56. The smallest absolute Gasteiger partial charge is 0.136 e. The molecule has 0 N–H and O–H groups in total. The lowest BCUT2D eigenvalue weighted by Gasteiger charge is -2.25. The van der Waals surface area contributed by atoms with Crippen molar-refractivity contribution in [2.75, 3.05) is 20.2 Å². The van der Waals surface area contributed by atoms with E-state index in [2.05, 4.69) is 11.0 Å². The molecule has 0 aliphatic carbocycles. The summed E-state index contributed by atoms with van der Waals surface area (Å²) in [6.07, 6.45) is 1.28. The number of likely N-dealkylation sites (tertiary alicyclic amines) is 1. The maximum atomic E-state index is 11.2. The summed E-state index contributed by atoms with van der Waals surface area (Å²) in [4.78, 5) is 13.4. The van der Waals surface area contributed by atoms with Gasteiger partial charge in [-0.3, -0.25) is 9.69 Å². The van der Waals surface area contributed by atoms with Crippen LogP contribution in [-0.2, 0) is 11.3 Å². The molecule has 1 aliphatic rings. The SMILES string of the molecule is COc1ccc(CN2CCC(=O)CC2)cc1C#N. The van der Waals surface area contributed by atoms with Gasteiger partial charge in [-0.2, -0.15) is 5.26 Å². The van der Waals surface area contributed by atoms with Crippen LogP contribution < -0.4 is 4.74 Å². The number of nitriles is 1. The Morgan fingerprint density at radius 1 is 1.39 bits per heavy atom. The lowest BCUT2D eigenvalue weighted by atomic mass is 10.1. The number of piperidine rings is 1. The monoisotopic (exact) mass is 244 g/mol. The predicted octanol–water partition coefficient (Wildman–Crippen LogP) is 1.73. The van der Waals surface area contributed by atoms with Gasteiger partial charge in [-0.05, 0) is 17.7 Å². The summed E-state index contributed by atoms with van der Waals surface area (Å²) < 4.78 is 5.11. The average molecular weight is 244 g/mol. The Labute approximate surface area is 107 Å². The quantitative estimate of drug-likeness (QED) is 0.812. The summed E-state index contributed by atoms with van der Waals surface area (Å²) >= 11 is 0. The van der Waals surface area contributed by atoms with Gasteiger partial charge in [-0.25, -0.2) is 0 Å². The van der Waals surface area contributed by atoms with Gasteiger partial charge < -0.3 is 4.74 Å². The number of carbonyl (C=O) groups is 1. The fraction of sp³-hybridized carbons (Fsp3) is 0.429. The molecule has 0 saturated carbocycles. The molecule has 18 heavy (non-hydrogen) atoms. The fourth-order valence-electron chi connectivity index (χ4n) is 2.16. The van der Waals surface area contributed by atoms with Crippen molar-refractivity contribution in [3.05, 3.63) is 29.3 Å². The number of Topliss-reactive ketones (excluding diaryl/α,β-unsaturated/α-hetero) is 1. The first kappa shape index (κ1) is 12.6. The molecule has 4 nitrogen and oxygen atoms in total. The van der Waals surface area contributed by atoms with Crippen LogP contribution in [0.5, 0.6) is 5.75 Å². The Bertz CT molecular complexity index is 481. The minimum absolute atomic E-state index is 0.346. The minimum atomic E-state index is 0.346. The second kappa shape index (κ2) is 5.65. The highest BCUT2D eigenvalue weighted by molar-refractivity contribution is 5.79. The van der Waals surface area contributed by atoms with Gasteiger partial charge >= 0.3 is 0 Å². The summed E-state index contributed by atoms with van der Waals surface area (Å²) in [5.74, 6) is 0.953. The molecule has 0 unspecified atom stereocenters. The topological polar surface area (TPSA) is 53.3 Å². The van der Waals surface area contributed by atoms with E-state index >= 15 is 0 Å². The van der Waals surface area contributed by atoms with Crippen LogP contribution in [0.4, 0.5) is 0 Å². The first-order valence-corrected chi connectivity index (χ1v) is 6.04. The molecule has 1 heterocycles. The van der Waals surface area contributed by atoms with E-state index in [9.17, 15) is 4.79 Å². The van der Waals surface area contributed by atoms with Crippen molar-refractivity contribution in [3.63, 3.8) is 0 Å². The van der Waals surface area contributed by atoms with Crippen LogP contribution in [0.3, 0.4) is 0 Å². The lowest BCUT2D eigenvalue weighted by Crippen LogP contribution is -2.33. The van der Waals surface area contributed by atoms with E-state index in [0.717, 1.165) is 25.2 Å². The first-order chi connectivity index (χ1) is 8.72. The van der Waals surface area contributed by atoms with Crippen LogP contribution in [-0.4, -0.2) is 30.9 Å². The minimum Gasteiger partial charge on any atom is -0.495 e. The molecule has 0 radical (unpaired) electrons. The summed E-state index contributed by atoms with van der Waals surface area (Å²) in [5.41, 5.74) is 1.64. The molecule has 1 aliphatic heterocycles. The van der Waals surface area contributed by atoms with E-state index < -0.39 is 0 Å². The Morgan fingerprint density at radius 3 is 2.72 bits per heavy atom. The number of carbonyl (C=O) groups excluding carboxylic acids is 1. The van der Waals surface area contributed by atoms with Gasteiger partial charge in [0.15, 0.2) is 0 Å². The number of hydrogen-bond acceptors (Lipinski definition) is 4. The zero-order valence-corrected chi connectivity index (χ0v) is 10.5. The Morgan fingerprint density at radius 2 is 2.11 bits per heavy atom. The van der Waals surface area contributed by atoms with E-state index in [0.29, 0.717) is 29.9 Å². The molecule has 0 aromatic heterocycles. The number of nitrogens with zero attached hydrogens (tertiary/aromatic N) is 2. The van der Waals surface area contributed by atoms with Crippen LogP contribution in [0.2, 0.25) is 0 Å². The molecule has 1 fully saturated rings. The number of hydrogen-bond donors (Lipinski definition) is 0. The van der Waals surface area contributed by atoms with Crippen molar-refractivity contribution in [1.82, 2.24) is 4.90 Å². The normalized spacial score (nSPS) is 16.3. The van der Waals surface area contributed by atoms with Gasteiger partial charge in [0, 0.05) is 32.5 Å². The van der Waals surface area contributed by atoms with E-state index in [1.54, 1.807) is 7.11 Å². The summed E-state index contributed by atoms with van der Waals surface area (Å²) in [5, 5.41) is 9.03. The summed E-state index contributed by atoms with van der Waals surface area (Å²) in [6, 6.07) is 7.78. The summed E-state index contributed by atoms with van der Waals surface area (Å²) in [6.45, 7) is 2.41. The largest absolute Gasteiger partial charge is 0.495 e. The Kier molecular flexibility index (Phi) is 3.96. The highest BCUT2D eigenvalue weighted by Crippen LogP contribution is 2.20. The van der Waals surface area contributed by atoms with Gasteiger partial charge in [0.1, 0.15) is 17.6 Å². The zero-order valence-electron chi connectivity index (χ0n) is 10.5. The van der Waals surface area contributed by atoms with Crippen LogP contribution >= 0.6 is 0 Å². The van der Waals surface area contributed by atoms with E-state index in [1.165, 1.54) is 0 Å². The molecule has 4 heteroatoms. The van der Waals surface area contributed by atoms with Crippen molar-refractivity contribution in [2.24, 2.45) is 0 Å². The molecule has 2 rings (SSSR count). The third-order valence-corrected chi connectivity index (χ3v) is 3.20. The van der Waals surface area contributed by atoms with E-state index in [1.807, 2.05) is 18.2 Å². The molecule has 0 amide bonds. The number of rotatable bonds is 3. The zero-order chi connectivity index (χ0) is 13.0. The average Bonchev–Trinajstić information content (AvgIpc) is 2.41. The number of methoxy groups -OCH3 is 1. The van der Waals surface area contributed by atoms with Gasteiger partial charge in [0.05, 0.1) is 12.7 Å². The Balaban J connectivity index is 2.06. The highest BCUT2D eigenvalue weighted by atomic mass is 16.5. The van der Waals surface area contributed by atoms with Crippen LogP contribution in [0, 0.1) is 11.3 Å². The first-order valence-electron chi connectivity index (χ1n) is 6.04. The van der Waals surface area contributed by atoms with Crippen LogP contribution in [0.1, 0.15) is 24.0 Å². The van der Waals surface area contributed by atoms with Crippen molar-refractivity contribution in [2.45, 2.75) is 19.4 Å². The maximum Gasteiger partial charge on any atom is 0.136 e. The molecule has 1 saturated heterocycles.